The van der Waals surface area contributed by atoms with E-state index in [1.807, 2.05) is 18.2 Å². The number of para-hydroxylation sites is 1. The Balaban J connectivity index is 1.39. The van der Waals surface area contributed by atoms with Gasteiger partial charge >= 0.3 is 0 Å². The third-order valence-corrected chi connectivity index (χ3v) is 6.63. The average Bonchev–Trinajstić information content (AvgIpc) is 3.04. The number of anilines is 1. The van der Waals surface area contributed by atoms with E-state index in [9.17, 15) is 4.79 Å². The summed E-state index contributed by atoms with van der Waals surface area (Å²) in [4.78, 5) is 18.1. The number of rotatable bonds is 4. The first-order chi connectivity index (χ1) is 13.8. The molecule has 3 fully saturated rings. The van der Waals surface area contributed by atoms with Crippen molar-refractivity contribution in [2.24, 2.45) is 0 Å². The molecule has 3 aliphatic rings. The van der Waals surface area contributed by atoms with Gasteiger partial charge in [0, 0.05) is 37.4 Å². The zero-order chi connectivity index (χ0) is 19.2. The zero-order valence-electron chi connectivity index (χ0n) is 17.1. The number of morpholine rings is 1. The first-order valence-electron chi connectivity index (χ1n) is 11.3. The Hall–Kier alpha value is -1.59. The third-order valence-electron chi connectivity index (χ3n) is 6.63. The largest absolute Gasteiger partial charge is 0.378 e. The van der Waals surface area contributed by atoms with E-state index in [-0.39, 0.29) is 11.9 Å². The molecular formula is C23H35N3O2. The van der Waals surface area contributed by atoms with Gasteiger partial charge in [0.05, 0.1) is 18.8 Å². The van der Waals surface area contributed by atoms with Crippen LogP contribution in [0.4, 0.5) is 5.69 Å². The molecule has 1 saturated carbocycles. The number of carbonyl (C=O) groups excluding carboxylic acids is 1. The molecule has 0 aromatic heterocycles. The van der Waals surface area contributed by atoms with E-state index in [1.54, 1.807) is 0 Å². The predicted molar refractivity (Wildman–Crippen MR) is 113 cm³/mol. The van der Waals surface area contributed by atoms with Crippen LogP contribution < -0.4 is 10.2 Å². The molecule has 2 saturated heterocycles. The van der Waals surface area contributed by atoms with Crippen molar-refractivity contribution in [3.05, 3.63) is 29.8 Å². The number of benzene rings is 1. The van der Waals surface area contributed by atoms with Gasteiger partial charge in [-0.05, 0) is 44.4 Å². The maximum Gasteiger partial charge on any atom is 0.253 e. The highest BCUT2D eigenvalue weighted by Gasteiger charge is 2.28. The lowest BCUT2D eigenvalue weighted by Gasteiger charge is -2.38. The maximum absolute atomic E-state index is 13.1. The lowest BCUT2D eigenvalue weighted by atomic mass is 9.99. The quantitative estimate of drug-likeness (QED) is 0.807. The lowest BCUT2D eigenvalue weighted by molar-refractivity contribution is 0.0859. The van der Waals surface area contributed by atoms with Gasteiger partial charge in [-0.3, -0.25) is 9.69 Å². The first-order valence-corrected chi connectivity index (χ1v) is 11.3. The van der Waals surface area contributed by atoms with Crippen molar-refractivity contribution in [1.82, 2.24) is 10.2 Å². The van der Waals surface area contributed by atoms with E-state index in [0.717, 1.165) is 56.6 Å². The fourth-order valence-electron chi connectivity index (χ4n) is 5.09. The molecule has 1 aliphatic carbocycles. The lowest BCUT2D eigenvalue weighted by Crippen LogP contribution is -2.51. The minimum absolute atomic E-state index is 0.0785. The van der Waals surface area contributed by atoms with Crippen LogP contribution in [-0.2, 0) is 4.74 Å². The van der Waals surface area contributed by atoms with Crippen molar-refractivity contribution in [2.75, 3.05) is 44.3 Å². The third kappa shape index (κ3) is 4.87. The standard InChI is InChI=1S/C23H35N3O2/c27-23(21-11-5-6-12-22(21)25-14-16-28-17-15-25)24-19-8-7-13-26(18-19)20-9-3-1-2-4-10-20/h5-6,11-12,19-20H,1-4,7-10,13-18H2,(H,24,27)/t19-/m1/s1. The Bertz CT molecular complexity index is 636. The Kier molecular flexibility index (Phi) is 6.86. The molecule has 1 amide bonds. The molecule has 1 aromatic rings. The van der Waals surface area contributed by atoms with Crippen LogP contribution in [0.5, 0.6) is 0 Å². The minimum Gasteiger partial charge on any atom is -0.378 e. The number of amides is 1. The highest BCUT2D eigenvalue weighted by Crippen LogP contribution is 2.26. The summed E-state index contributed by atoms with van der Waals surface area (Å²) in [5, 5.41) is 3.36. The highest BCUT2D eigenvalue weighted by atomic mass is 16.5. The minimum atomic E-state index is 0.0785. The van der Waals surface area contributed by atoms with E-state index in [2.05, 4.69) is 21.2 Å². The second-order valence-electron chi connectivity index (χ2n) is 8.57. The second-order valence-corrected chi connectivity index (χ2v) is 8.57. The van der Waals surface area contributed by atoms with E-state index < -0.39 is 0 Å². The molecule has 2 heterocycles. The van der Waals surface area contributed by atoms with Crippen LogP contribution in [-0.4, -0.2) is 62.3 Å². The number of hydrogen-bond donors (Lipinski definition) is 1. The Morgan fingerprint density at radius 3 is 2.46 bits per heavy atom. The van der Waals surface area contributed by atoms with Gasteiger partial charge in [-0.1, -0.05) is 37.8 Å². The molecule has 4 rings (SSSR count). The summed E-state index contributed by atoms with van der Waals surface area (Å²) < 4.78 is 5.47. The molecule has 0 radical (unpaired) electrons. The van der Waals surface area contributed by atoms with Gasteiger partial charge in [-0.15, -0.1) is 0 Å². The molecule has 154 valence electrons. The number of nitrogens with zero attached hydrogens (tertiary/aromatic N) is 2. The van der Waals surface area contributed by atoms with Crippen molar-refractivity contribution in [3.8, 4) is 0 Å². The van der Waals surface area contributed by atoms with Crippen LogP contribution in [0.2, 0.25) is 0 Å². The van der Waals surface area contributed by atoms with Gasteiger partial charge in [0.25, 0.3) is 5.91 Å². The summed E-state index contributed by atoms with van der Waals surface area (Å²) in [6.45, 7) is 5.37. The fraction of sp³-hybridized carbons (Fsp3) is 0.696. The number of hydrogen-bond acceptors (Lipinski definition) is 4. The predicted octanol–water partition coefficient (Wildman–Crippen LogP) is 3.44. The fourth-order valence-corrected chi connectivity index (χ4v) is 5.09. The van der Waals surface area contributed by atoms with Crippen LogP contribution in [0.1, 0.15) is 61.7 Å². The van der Waals surface area contributed by atoms with Crippen LogP contribution in [0.3, 0.4) is 0 Å². The van der Waals surface area contributed by atoms with Crippen molar-refractivity contribution in [2.45, 2.75) is 63.5 Å². The molecule has 1 aromatic carbocycles. The number of carbonyl (C=O) groups is 1. The summed E-state index contributed by atoms with van der Waals surface area (Å²) in [7, 11) is 0. The van der Waals surface area contributed by atoms with Crippen LogP contribution in [0.25, 0.3) is 0 Å². The normalized spacial score (nSPS) is 25.3. The molecule has 2 aliphatic heterocycles. The SMILES string of the molecule is O=C(N[C@@H]1CCCN(C2CCCCCC2)C1)c1ccccc1N1CCOCC1. The topological polar surface area (TPSA) is 44.8 Å². The summed E-state index contributed by atoms with van der Waals surface area (Å²) in [6, 6.07) is 9.02. The molecule has 0 bridgehead atoms. The zero-order valence-corrected chi connectivity index (χ0v) is 17.1. The van der Waals surface area contributed by atoms with E-state index in [1.165, 1.54) is 51.5 Å². The van der Waals surface area contributed by atoms with Crippen LogP contribution >= 0.6 is 0 Å². The van der Waals surface area contributed by atoms with Gasteiger partial charge in [0.1, 0.15) is 0 Å². The van der Waals surface area contributed by atoms with Gasteiger partial charge in [0.15, 0.2) is 0 Å². The van der Waals surface area contributed by atoms with E-state index >= 15 is 0 Å². The Labute approximate surface area is 169 Å². The molecule has 28 heavy (non-hydrogen) atoms. The molecule has 0 spiro atoms. The number of piperidine rings is 1. The van der Waals surface area contributed by atoms with Crippen molar-refractivity contribution in [1.29, 1.82) is 0 Å². The molecule has 5 heteroatoms. The van der Waals surface area contributed by atoms with Crippen LogP contribution in [0.15, 0.2) is 24.3 Å². The average molecular weight is 386 g/mol. The van der Waals surface area contributed by atoms with Gasteiger partial charge in [-0.2, -0.15) is 0 Å². The number of likely N-dealkylation sites (tertiary alicyclic amines) is 1. The molecular weight excluding hydrogens is 350 g/mol. The summed E-state index contributed by atoms with van der Waals surface area (Å²) in [6.07, 6.45) is 10.5. The smallest absolute Gasteiger partial charge is 0.253 e. The van der Waals surface area contributed by atoms with Gasteiger partial charge in [-0.25, -0.2) is 0 Å². The van der Waals surface area contributed by atoms with Gasteiger partial charge in [0.2, 0.25) is 0 Å². The van der Waals surface area contributed by atoms with Crippen molar-refractivity contribution >= 4 is 11.6 Å². The van der Waals surface area contributed by atoms with Crippen molar-refractivity contribution < 1.29 is 9.53 Å². The monoisotopic (exact) mass is 385 g/mol. The summed E-state index contributed by atoms with van der Waals surface area (Å²) >= 11 is 0. The molecule has 5 nitrogen and oxygen atoms in total. The first kappa shape index (κ1) is 19.7. The van der Waals surface area contributed by atoms with Crippen molar-refractivity contribution in [3.63, 3.8) is 0 Å². The van der Waals surface area contributed by atoms with Crippen LogP contribution in [0, 0.1) is 0 Å². The summed E-state index contributed by atoms with van der Waals surface area (Å²) in [5.41, 5.74) is 1.84. The molecule has 0 unspecified atom stereocenters. The van der Waals surface area contributed by atoms with Gasteiger partial charge < -0.3 is 15.0 Å². The number of ether oxygens (including phenoxy) is 1. The maximum atomic E-state index is 13.1. The Morgan fingerprint density at radius 2 is 1.68 bits per heavy atom. The second kappa shape index (κ2) is 9.75. The molecule has 1 N–H and O–H groups in total. The van der Waals surface area contributed by atoms with E-state index in [4.69, 9.17) is 4.74 Å². The summed E-state index contributed by atoms with van der Waals surface area (Å²) in [5.74, 6) is 0.0785. The van der Waals surface area contributed by atoms with E-state index in [0.29, 0.717) is 0 Å². The Morgan fingerprint density at radius 1 is 0.929 bits per heavy atom. The number of nitrogens with one attached hydrogen (secondary N) is 1. The highest BCUT2D eigenvalue weighted by molar-refractivity contribution is 6.00. The molecule has 1 atom stereocenters.